The van der Waals surface area contributed by atoms with Gasteiger partial charge in [0.25, 0.3) is 5.91 Å². The molecule has 0 fully saturated rings. The Labute approximate surface area is 188 Å². The van der Waals surface area contributed by atoms with Crippen molar-refractivity contribution in [2.45, 2.75) is 12.4 Å². The minimum absolute atomic E-state index is 0.00470. The molecule has 1 amide bonds. The van der Waals surface area contributed by atoms with Crippen molar-refractivity contribution in [2.75, 3.05) is 6.67 Å². The van der Waals surface area contributed by atoms with Crippen molar-refractivity contribution in [3.8, 4) is 0 Å². The van der Waals surface area contributed by atoms with Gasteiger partial charge in [0.2, 0.25) is 0 Å². The van der Waals surface area contributed by atoms with Crippen LogP contribution < -0.4 is 11.1 Å². The molecule has 0 saturated carbocycles. The largest absolute Gasteiger partial charge is 0.416 e. The number of amidine groups is 1. The van der Waals surface area contributed by atoms with Gasteiger partial charge in [0.15, 0.2) is 5.84 Å². The summed E-state index contributed by atoms with van der Waals surface area (Å²) in [5.41, 5.74) is 3.21. The van der Waals surface area contributed by atoms with Gasteiger partial charge in [0.05, 0.1) is 22.2 Å². The third kappa shape index (κ3) is 4.80. The summed E-state index contributed by atoms with van der Waals surface area (Å²) in [6.07, 6.45) is -7.31. The number of nitrogens with zero attached hydrogens (tertiary/aromatic N) is 3. The lowest BCUT2D eigenvalue weighted by atomic mass is 10.0. The predicted molar refractivity (Wildman–Crippen MR) is 112 cm³/mol. The van der Waals surface area contributed by atoms with Crippen LogP contribution in [0.25, 0.3) is 16.5 Å². The van der Waals surface area contributed by atoms with Crippen LogP contribution in [0.15, 0.2) is 66.0 Å². The van der Waals surface area contributed by atoms with Crippen molar-refractivity contribution in [2.24, 2.45) is 10.8 Å². The average molecular weight is 479 g/mol. The SMILES string of the molecule is NC(=O)/C(=C\N1CNC(c2cc(C(F)(F)F)cc(C(F)(F)F)c2)=N1)c1cnc2ccccc2c1. The second-order valence-corrected chi connectivity index (χ2v) is 7.34. The van der Waals surface area contributed by atoms with Crippen LogP contribution in [-0.4, -0.2) is 28.4 Å². The van der Waals surface area contributed by atoms with Gasteiger partial charge in [-0.25, -0.2) is 0 Å². The van der Waals surface area contributed by atoms with Crippen LogP contribution in [-0.2, 0) is 17.1 Å². The highest BCUT2D eigenvalue weighted by Crippen LogP contribution is 2.36. The monoisotopic (exact) mass is 479 g/mol. The number of aromatic nitrogens is 1. The molecule has 34 heavy (non-hydrogen) atoms. The molecule has 3 aromatic rings. The van der Waals surface area contributed by atoms with Gasteiger partial charge in [-0.15, -0.1) is 0 Å². The zero-order valence-electron chi connectivity index (χ0n) is 17.1. The molecule has 0 radical (unpaired) electrons. The maximum atomic E-state index is 13.2. The molecule has 2 aromatic carbocycles. The van der Waals surface area contributed by atoms with Crippen LogP contribution >= 0.6 is 0 Å². The number of nitrogens with two attached hydrogens (primary N) is 1. The van der Waals surface area contributed by atoms with E-state index in [9.17, 15) is 31.1 Å². The molecule has 0 spiro atoms. The van der Waals surface area contributed by atoms with Crippen molar-refractivity contribution in [3.63, 3.8) is 0 Å². The number of alkyl halides is 6. The molecule has 1 aliphatic heterocycles. The van der Waals surface area contributed by atoms with Crippen molar-refractivity contribution in [1.82, 2.24) is 15.3 Å². The second kappa shape index (κ2) is 8.36. The number of carbonyl (C=O) groups is 1. The highest BCUT2D eigenvalue weighted by molar-refractivity contribution is 6.19. The minimum atomic E-state index is -4.99. The van der Waals surface area contributed by atoms with E-state index in [1.54, 1.807) is 30.3 Å². The number of halogens is 6. The molecule has 176 valence electrons. The van der Waals surface area contributed by atoms with E-state index in [4.69, 9.17) is 5.73 Å². The van der Waals surface area contributed by atoms with E-state index in [0.717, 1.165) is 10.4 Å². The lowest BCUT2D eigenvalue weighted by Crippen LogP contribution is -2.24. The summed E-state index contributed by atoms with van der Waals surface area (Å²) in [6.45, 7) is -0.120. The van der Waals surface area contributed by atoms with E-state index >= 15 is 0 Å². The molecule has 0 bridgehead atoms. The maximum Gasteiger partial charge on any atom is 0.416 e. The van der Waals surface area contributed by atoms with E-state index < -0.39 is 35.0 Å². The number of amides is 1. The van der Waals surface area contributed by atoms with Crippen LogP contribution in [0.1, 0.15) is 22.3 Å². The molecule has 0 atom stereocenters. The Balaban J connectivity index is 1.71. The fraction of sp³-hybridized carbons (Fsp3) is 0.136. The number of para-hydroxylation sites is 1. The normalized spacial score (nSPS) is 14.8. The fourth-order valence-electron chi connectivity index (χ4n) is 3.33. The first-order valence-electron chi connectivity index (χ1n) is 9.67. The summed E-state index contributed by atoms with van der Waals surface area (Å²) in [7, 11) is 0. The van der Waals surface area contributed by atoms with Crippen molar-refractivity contribution >= 4 is 28.2 Å². The molecule has 3 N–H and O–H groups in total. The van der Waals surface area contributed by atoms with E-state index in [0.29, 0.717) is 23.2 Å². The Kier molecular flexibility index (Phi) is 5.67. The lowest BCUT2D eigenvalue weighted by molar-refractivity contribution is -0.143. The number of rotatable bonds is 4. The molecule has 6 nitrogen and oxygen atoms in total. The summed E-state index contributed by atoms with van der Waals surface area (Å²) in [6, 6.07) is 9.98. The van der Waals surface area contributed by atoms with Gasteiger partial charge in [0.1, 0.15) is 6.67 Å². The Morgan fingerprint density at radius 1 is 1.00 bits per heavy atom. The van der Waals surface area contributed by atoms with E-state index in [1.165, 1.54) is 12.4 Å². The molecule has 12 heteroatoms. The summed E-state index contributed by atoms with van der Waals surface area (Å²) in [5.74, 6) is -1.05. The third-order valence-electron chi connectivity index (χ3n) is 4.94. The highest BCUT2D eigenvalue weighted by Gasteiger charge is 2.37. The number of fused-ring (bicyclic) bond motifs is 1. The number of nitrogens with one attached hydrogen (secondary N) is 1. The number of primary amides is 1. The van der Waals surface area contributed by atoms with Crippen LogP contribution in [0.5, 0.6) is 0 Å². The summed E-state index contributed by atoms with van der Waals surface area (Å²) in [5, 5.41) is 8.54. The molecule has 1 aliphatic rings. The summed E-state index contributed by atoms with van der Waals surface area (Å²) >= 11 is 0. The number of hydrogen-bond acceptors (Lipinski definition) is 5. The van der Waals surface area contributed by atoms with Gasteiger partial charge in [-0.1, -0.05) is 18.2 Å². The second-order valence-electron chi connectivity index (χ2n) is 7.34. The van der Waals surface area contributed by atoms with E-state index in [1.807, 2.05) is 0 Å². The Bertz CT molecular complexity index is 1300. The third-order valence-corrected chi connectivity index (χ3v) is 4.94. The molecular weight excluding hydrogens is 464 g/mol. The molecular formula is C22H15F6N5O. The zero-order chi connectivity index (χ0) is 24.7. The van der Waals surface area contributed by atoms with E-state index in [-0.39, 0.29) is 24.1 Å². The topological polar surface area (TPSA) is 83.6 Å². The molecule has 4 rings (SSSR count). The first kappa shape index (κ1) is 23.1. The van der Waals surface area contributed by atoms with Crippen molar-refractivity contribution in [1.29, 1.82) is 0 Å². The van der Waals surface area contributed by atoms with Crippen molar-refractivity contribution < 1.29 is 31.1 Å². The van der Waals surface area contributed by atoms with E-state index in [2.05, 4.69) is 15.4 Å². The predicted octanol–water partition coefficient (Wildman–Crippen LogP) is 4.32. The molecule has 1 aromatic heterocycles. The van der Waals surface area contributed by atoms with Crippen LogP contribution in [0.4, 0.5) is 26.3 Å². The first-order chi connectivity index (χ1) is 15.9. The molecule has 0 unspecified atom stereocenters. The van der Waals surface area contributed by atoms with Crippen LogP contribution in [0.2, 0.25) is 0 Å². The number of pyridine rings is 1. The van der Waals surface area contributed by atoms with Crippen LogP contribution in [0, 0.1) is 0 Å². The van der Waals surface area contributed by atoms with Gasteiger partial charge in [-0.2, -0.15) is 31.4 Å². The molecule has 2 heterocycles. The molecule has 0 aliphatic carbocycles. The van der Waals surface area contributed by atoms with Gasteiger partial charge in [-0.3, -0.25) is 14.8 Å². The van der Waals surface area contributed by atoms with Gasteiger partial charge in [0, 0.05) is 28.9 Å². The summed E-state index contributed by atoms with van der Waals surface area (Å²) in [4.78, 5) is 16.3. The van der Waals surface area contributed by atoms with Gasteiger partial charge in [-0.05, 0) is 30.3 Å². The minimum Gasteiger partial charge on any atom is -0.366 e. The first-order valence-corrected chi connectivity index (χ1v) is 9.67. The zero-order valence-corrected chi connectivity index (χ0v) is 17.1. The molecule has 0 saturated heterocycles. The quantitative estimate of drug-likeness (QED) is 0.431. The number of benzene rings is 2. The smallest absolute Gasteiger partial charge is 0.366 e. The van der Waals surface area contributed by atoms with Crippen LogP contribution in [0.3, 0.4) is 0 Å². The Morgan fingerprint density at radius 2 is 1.65 bits per heavy atom. The number of hydrazone groups is 1. The Hall–Kier alpha value is -4.09. The standard InChI is InChI=1S/C22H15F6N5O/c23-21(24,25)15-6-13(7-16(8-15)22(26,27)28)20-31-11-33(32-20)10-17(19(29)34)14-5-12-3-1-2-4-18(12)30-9-14/h1-10H,11H2,(H2,29,34)(H,31,32)/b17-10-. The van der Waals surface area contributed by atoms with Gasteiger partial charge >= 0.3 is 12.4 Å². The highest BCUT2D eigenvalue weighted by atomic mass is 19.4. The number of hydrogen-bond donors (Lipinski definition) is 2. The average Bonchev–Trinajstić information content (AvgIpc) is 3.24. The fourth-order valence-corrected chi connectivity index (χ4v) is 3.33. The van der Waals surface area contributed by atoms with Gasteiger partial charge < -0.3 is 11.1 Å². The Morgan fingerprint density at radius 3 is 2.26 bits per heavy atom. The lowest BCUT2D eigenvalue weighted by Gasteiger charge is -2.14. The number of carbonyl (C=O) groups excluding carboxylic acids is 1. The summed E-state index contributed by atoms with van der Waals surface area (Å²) < 4.78 is 78.9. The van der Waals surface area contributed by atoms with Crippen molar-refractivity contribution in [3.05, 3.63) is 83.2 Å². The maximum absolute atomic E-state index is 13.2.